The lowest BCUT2D eigenvalue weighted by molar-refractivity contribution is -0.0670. The van der Waals surface area contributed by atoms with Crippen LogP contribution in [0.4, 0.5) is 11.8 Å². The molecule has 7 heterocycles. The maximum Gasteiger partial charge on any atom is 0.472 e. The van der Waals surface area contributed by atoms with E-state index in [0.717, 1.165) is 10.9 Å². The second-order valence-electron chi connectivity index (χ2n) is 10.2. The number of anilines is 2. The number of ether oxygens (including phenoxy) is 2. The van der Waals surface area contributed by atoms with Gasteiger partial charge in [-0.25, -0.2) is 29.1 Å². The molecule has 0 aliphatic carbocycles. The Hall–Kier alpha value is -3.44. The zero-order valence-corrected chi connectivity index (χ0v) is 24.3. The van der Waals surface area contributed by atoms with Crippen molar-refractivity contribution < 1.29 is 51.6 Å². The molecule has 25 heteroatoms. The Morgan fingerprint density at radius 2 is 1.49 bits per heavy atom. The molecule has 0 radical (unpaired) electrons. The summed E-state index contributed by atoms with van der Waals surface area (Å²) in [5, 5.41) is 11.0. The Bertz CT molecular complexity index is 1940. The zero-order valence-electron chi connectivity index (χ0n) is 22.5. The van der Waals surface area contributed by atoms with Gasteiger partial charge in [-0.1, -0.05) is 0 Å². The zero-order chi connectivity index (χ0) is 31.8. The number of H-pyrrole nitrogens is 1. The number of nitrogen functional groups attached to an aromatic ring is 2. The van der Waals surface area contributed by atoms with Gasteiger partial charge in [-0.3, -0.25) is 37.0 Å². The van der Waals surface area contributed by atoms with E-state index in [-0.39, 0.29) is 34.1 Å². The quantitative estimate of drug-likeness (QED) is 0.109. The Labute approximate surface area is 249 Å². The third-order valence-electron chi connectivity index (χ3n) is 7.40. The number of imidazole rings is 2. The first-order chi connectivity index (χ1) is 21.3. The molecule has 0 amide bonds. The van der Waals surface area contributed by atoms with Gasteiger partial charge in [-0.05, 0) is 0 Å². The minimum absolute atomic E-state index is 0.0752. The average Bonchev–Trinajstić information content (AvgIpc) is 3.72. The second kappa shape index (κ2) is 10.8. The molecule has 0 spiro atoms. The van der Waals surface area contributed by atoms with Gasteiger partial charge in [0.2, 0.25) is 5.95 Å². The molecule has 2 bridgehead atoms. The van der Waals surface area contributed by atoms with Crippen LogP contribution in [0.15, 0.2) is 23.8 Å². The minimum Gasteiger partial charge on any atom is -0.387 e. The van der Waals surface area contributed by atoms with E-state index in [1.165, 1.54) is 17.2 Å². The maximum atomic E-state index is 13.2. The number of hydrogen-bond acceptors (Lipinski definition) is 18. The first-order valence-corrected chi connectivity index (χ1v) is 16.0. The largest absolute Gasteiger partial charge is 0.472 e. The van der Waals surface area contributed by atoms with Crippen LogP contribution in [0.1, 0.15) is 12.5 Å². The van der Waals surface area contributed by atoms with Crippen molar-refractivity contribution in [3.63, 3.8) is 0 Å². The number of phosphoric acid groups is 2. The first-order valence-electron chi connectivity index (χ1n) is 13.0. The van der Waals surface area contributed by atoms with Gasteiger partial charge in [0.05, 0.1) is 31.9 Å². The molecule has 23 nitrogen and oxygen atoms in total. The highest BCUT2D eigenvalue weighted by molar-refractivity contribution is 7.47. The number of hydrogen-bond donors (Lipinski definition) is 7. The highest BCUT2D eigenvalue weighted by Gasteiger charge is 2.53. The highest BCUT2D eigenvalue weighted by atomic mass is 31.2. The fourth-order valence-corrected chi connectivity index (χ4v) is 7.28. The molecule has 3 fully saturated rings. The third kappa shape index (κ3) is 5.31. The summed E-state index contributed by atoms with van der Waals surface area (Å²) in [4.78, 5) is 56.0. The van der Waals surface area contributed by atoms with Gasteiger partial charge in [0.15, 0.2) is 35.1 Å². The summed E-state index contributed by atoms with van der Waals surface area (Å²) in [5.41, 5.74) is 17.4. The van der Waals surface area contributed by atoms with Crippen LogP contribution in [0, 0.1) is 0 Å². The Morgan fingerprint density at radius 1 is 0.867 bits per heavy atom. The molecular formula is C20H25N11O12P2. The number of aliphatic hydroxyl groups excluding tert-OH is 1. The molecule has 45 heavy (non-hydrogen) atoms. The van der Waals surface area contributed by atoms with Crippen molar-refractivity contribution in [1.82, 2.24) is 39.0 Å². The summed E-state index contributed by atoms with van der Waals surface area (Å²) in [6, 6.07) is -1.21. The normalized spacial score (nSPS) is 37.7. The Kier molecular flexibility index (Phi) is 7.27. The highest BCUT2D eigenvalue weighted by Crippen LogP contribution is 2.53. The number of phosphoric ester groups is 2. The van der Waals surface area contributed by atoms with E-state index in [1.54, 1.807) is 0 Å². The molecule has 3 saturated heterocycles. The van der Waals surface area contributed by atoms with Crippen LogP contribution in [0.5, 0.6) is 0 Å². The van der Waals surface area contributed by atoms with Crippen LogP contribution >= 0.6 is 15.6 Å². The lowest BCUT2D eigenvalue weighted by atomic mass is 10.1. The van der Waals surface area contributed by atoms with E-state index in [2.05, 4.69) is 29.9 Å². The number of aliphatic hydroxyl groups is 1. The fraction of sp³-hybridized carbons (Fsp3) is 0.500. The molecule has 10 atom stereocenters. The van der Waals surface area contributed by atoms with E-state index in [1.807, 2.05) is 0 Å². The van der Waals surface area contributed by atoms with Gasteiger partial charge in [-0.2, -0.15) is 4.98 Å². The van der Waals surface area contributed by atoms with Crippen LogP contribution < -0.4 is 22.8 Å². The van der Waals surface area contributed by atoms with E-state index in [0.29, 0.717) is 0 Å². The van der Waals surface area contributed by atoms with Gasteiger partial charge in [0, 0.05) is 0 Å². The van der Waals surface area contributed by atoms with Crippen LogP contribution in [-0.2, 0) is 36.7 Å². The van der Waals surface area contributed by atoms with Crippen molar-refractivity contribution in [2.24, 2.45) is 5.73 Å². The Morgan fingerprint density at radius 3 is 2.22 bits per heavy atom. The number of nitrogens with zero attached hydrogens (tertiary/aromatic N) is 7. The fourth-order valence-electron chi connectivity index (χ4n) is 5.36. The summed E-state index contributed by atoms with van der Waals surface area (Å²) >= 11 is 0. The van der Waals surface area contributed by atoms with E-state index in [4.69, 9.17) is 44.8 Å². The SMILES string of the molecule is Nc1nc2c(ncn2C2OC3COP(=O)(O)OC4C(COP(=O)(O)OC2C3O)OC(n2cnc3c(N)ncnc32)C4N)c(=O)[nH]1. The summed E-state index contributed by atoms with van der Waals surface area (Å²) in [6.07, 6.45) is -6.70. The van der Waals surface area contributed by atoms with Gasteiger partial charge in [0.1, 0.15) is 42.4 Å². The molecule has 242 valence electrons. The van der Waals surface area contributed by atoms with E-state index >= 15 is 0 Å². The third-order valence-corrected chi connectivity index (χ3v) is 9.37. The predicted octanol–water partition coefficient (Wildman–Crippen LogP) is -2.38. The minimum atomic E-state index is -5.07. The van der Waals surface area contributed by atoms with Crippen molar-refractivity contribution in [2.45, 2.75) is 49.0 Å². The van der Waals surface area contributed by atoms with Crippen LogP contribution in [0.3, 0.4) is 0 Å². The maximum absolute atomic E-state index is 13.2. The van der Waals surface area contributed by atoms with Crippen molar-refractivity contribution in [3.8, 4) is 0 Å². The molecular weight excluding hydrogens is 648 g/mol. The van der Waals surface area contributed by atoms with Gasteiger partial charge in [0.25, 0.3) is 5.56 Å². The predicted molar refractivity (Wildman–Crippen MR) is 145 cm³/mol. The molecule has 0 saturated carbocycles. The molecule has 3 aliphatic rings. The second-order valence-corrected chi connectivity index (χ2v) is 13.0. The number of rotatable bonds is 2. The number of aromatic amines is 1. The van der Waals surface area contributed by atoms with E-state index < -0.39 is 83.4 Å². The van der Waals surface area contributed by atoms with Crippen LogP contribution in [0.2, 0.25) is 0 Å². The number of fused-ring (bicyclic) bond motifs is 5. The smallest absolute Gasteiger partial charge is 0.387 e. The number of aromatic nitrogens is 8. The van der Waals surface area contributed by atoms with E-state index in [9.17, 15) is 28.8 Å². The molecule has 10 unspecified atom stereocenters. The van der Waals surface area contributed by atoms with Gasteiger partial charge in [-0.15, -0.1) is 0 Å². The molecule has 4 aromatic heterocycles. The molecule has 0 aromatic carbocycles. The molecule has 10 N–H and O–H groups in total. The topological polar surface area (TPSA) is 335 Å². The number of nitrogens with two attached hydrogens (primary N) is 3. The van der Waals surface area contributed by atoms with Crippen molar-refractivity contribution in [2.75, 3.05) is 24.7 Å². The summed E-state index contributed by atoms with van der Waals surface area (Å²) in [7, 11) is -10.1. The Balaban J connectivity index is 1.21. The molecule has 7 rings (SSSR count). The lowest BCUT2D eigenvalue weighted by Gasteiger charge is -2.26. The molecule has 4 aromatic rings. The van der Waals surface area contributed by atoms with Crippen molar-refractivity contribution >= 4 is 49.7 Å². The van der Waals surface area contributed by atoms with Crippen molar-refractivity contribution in [1.29, 1.82) is 0 Å². The van der Waals surface area contributed by atoms with Crippen LogP contribution in [0.25, 0.3) is 22.3 Å². The van der Waals surface area contributed by atoms with Gasteiger partial charge >= 0.3 is 15.6 Å². The van der Waals surface area contributed by atoms with Crippen molar-refractivity contribution in [3.05, 3.63) is 29.3 Å². The average molecular weight is 673 g/mol. The molecule has 3 aliphatic heterocycles. The standard InChI is InChI=1S/C20H25N11O12P2/c21-8-12-7(41-18(8)30-4-26-9-14(22)24-3-25-15(9)30)2-39-45(36,37)43-13-11(32)6(1-38-44(34,35)42-12)40-19(13)31-5-27-10-16(31)28-20(23)29-17(10)33/h3-8,11-13,18-19,32H,1-2,21H2,(H,34,35)(H,36,37)(H2,22,24,25)(H3,23,28,29,33). The first kappa shape index (κ1) is 30.2. The summed E-state index contributed by atoms with van der Waals surface area (Å²) < 4.78 is 61.7. The van der Waals surface area contributed by atoms with Gasteiger partial charge < -0.3 is 41.6 Å². The summed E-state index contributed by atoms with van der Waals surface area (Å²) in [5.74, 6) is -0.199. The number of nitrogens with one attached hydrogen (secondary N) is 1. The summed E-state index contributed by atoms with van der Waals surface area (Å²) in [6.45, 7) is -1.53. The lowest BCUT2D eigenvalue weighted by Crippen LogP contribution is -2.41. The monoisotopic (exact) mass is 673 g/mol. The van der Waals surface area contributed by atoms with Crippen LogP contribution in [-0.4, -0.2) is 104 Å².